The molecule has 0 radical (unpaired) electrons. The van der Waals surface area contributed by atoms with Crippen LogP contribution >= 0.6 is 0 Å². The van der Waals surface area contributed by atoms with E-state index in [1.807, 2.05) is 0 Å². The molecule has 1 aromatic heterocycles. The molecule has 20 heavy (non-hydrogen) atoms. The number of halogens is 3. The van der Waals surface area contributed by atoms with Crippen LogP contribution in [0, 0.1) is 0 Å². The standard InChI is InChI=1S/C14H10F3NO2/c15-14(16,17)8-3-4-9-10(12-2-1-5-20-12)7-13(19)18-11(9)6-8/h1-6,10H,7H2,(H,18,19). The minimum Gasteiger partial charge on any atom is -0.469 e. The fourth-order valence-corrected chi connectivity index (χ4v) is 2.38. The Bertz CT molecular complexity index is 647. The number of fused-ring (bicyclic) bond motifs is 1. The van der Waals surface area contributed by atoms with Crippen LogP contribution < -0.4 is 5.32 Å². The average Bonchev–Trinajstić information content (AvgIpc) is 2.89. The van der Waals surface area contributed by atoms with E-state index in [1.54, 1.807) is 12.1 Å². The van der Waals surface area contributed by atoms with Crippen molar-refractivity contribution in [2.24, 2.45) is 0 Å². The normalized spacial score (nSPS) is 18.6. The first-order valence-electron chi connectivity index (χ1n) is 5.99. The maximum atomic E-state index is 12.7. The molecule has 0 bridgehead atoms. The van der Waals surface area contributed by atoms with Crippen molar-refractivity contribution in [1.29, 1.82) is 0 Å². The molecule has 2 aromatic rings. The van der Waals surface area contributed by atoms with Gasteiger partial charge in [-0.05, 0) is 29.8 Å². The summed E-state index contributed by atoms with van der Waals surface area (Å²) in [4.78, 5) is 11.7. The molecule has 0 saturated heterocycles. The van der Waals surface area contributed by atoms with Crippen LogP contribution in [0.25, 0.3) is 0 Å². The second-order valence-electron chi connectivity index (χ2n) is 4.62. The van der Waals surface area contributed by atoms with Crippen LogP contribution in [0.3, 0.4) is 0 Å². The minimum atomic E-state index is -4.43. The molecule has 3 rings (SSSR count). The maximum absolute atomic E-state index is 12.7. The minimum absolute atomic E-state index is 0.159. The van der Waals surface area contributed by atoms with Gasteiger partial charge in [0, 0.05) is 12.1 Å². The smallest absolute Gasteiger partial charge is 0.416 e. The molecule has 1 aliphatic rings. The second-order valence-corrected chi connectivity index (χ2v) is 4.62. The third-order valence-corrected chi connectivity index (χ3v) is 3.31. The predicted octanol–water partition coefficient (Wildman–Crippen LogP) is 3.77. The van der Waals surface area contributed by atoms with Crippen LogP contribution in [0.4, 0.5) is 18.9 Å². The number of hydrogen-bond donors (Lipinski definition) is 1. The molecule has 104 valence electrons. The molecule has 2 heterocycles. The zero-order valence-electron chi connectivity index (χ0n) is 10.2. The largest absolute Gasteiger partial charge is 0.469 e. The van der Waals surface area contributed by atoms with Crippen molar-refractivity contribution in [3.63, 3.8) is 0 Å². The van der Waals surface area contributed by atoms with E-state index in [0.29, 0.717) is 11.3 Å². The summed E-state index contributed by atoms with van der Waals surface area (Å²) in [7, 11) is 0. The Morgan fingerprint density at radius 3 is 2.70 bits per heavy atom. The molecular weight excluding hydrogens is 271 g/mol. The molecule has 1 unspecified atom stereocenters. The molecule has 0 saturated carbocycles. The third kappa shape index (κ3) is 2.17. The first kappa shape index (κ1) is 12.8. The number of amides is 1. The van der Waals surface area contributed by atoms with Crippen molar-refractivity contribution in [1.82, 2.24) is 0 Å². The van der Waals surface area contributed by atoms with Crippen LogP contribution in [-0.2, 0) is 11.0 Å². The predicted molar refractivity (Wildman–Crippen MR) is 65.2 cm³/mol. The highest BCUT2D eigenvalue weighted by molar-refractivity contribution is 5.95. The van der Waals surface area contributed by atoms with Crippen LogP contribution in [0.2, 0.25) is 0 Å². The van der Waals surface area contributed by atoms with Crippen molar-refractivity contribution >= 4 is 11.6 Å². The Kier molecular flexibility index (Phi) is 2.81. The van der Waals surface area contributed by atoms with E-state index >= 15 is 0 Å². The summed E-state index contributed by atoms with van der Waals surface area (Å²) in [6.45, 7) is 0. The number of nitrogens with one attached hydrogen (secondary N) is 1. The summed E-state index contributed by atoms with van der Waals surface area (Å²) in [5.74, 6) is -0.102. The van der Waals surface area contributed by atoms with Crippen molar-refractivity contribution in [3.8, 4) is 0 Å². The van der Waals surface area contributed by atoms with Crippen LogP contribution in [0.1, 0.15) is 29.2 Å². The molecule has 1 aromatic carbocycles. The van der Waals surface area contributed by atoms with Gasteiger partial charge in [-0.1, -0.05) is 6.07 Å². The van der Waals surface area contributed by atoms with Gasteiger partial charge in [0.2, 0.25) is 5.91 Å². The fourth-order valence-electron chi connectivity index (χ4n) is 2.38. The maximum Gasteiger partial charge on any atom is 0.416 e. The van der Waals surface area contributed by atoms with E-state index in [-0.39, 0.29) is 23.9 Å². The number of carbonyl (C=O) groups is 1. The monoisotopic (exact) mass is 281 g/mol. The van der Waals surface area contributed by atoms with Crippen molar-refractivity contribution in [2.45, 2.75) is 18.5 Å². The summed E-state index contributed by atoms with van der Waals surface area (Å²) < 4.78 is 43.4. The van der Waals surface area contributed by atoms with E-state index in [9.17, 15) is 18.0 Å². The number of hydrogen-bond acceptors (Lipinski definition) is 2. The number of benzene rings is 1. The van der Waals surface area contributed by atoms with Gasteiger partial charge in [-0.25, -0.2) is 0 Å². The van der Waals surface area contributed by atoms with Gasteiger partial charge in [0.15, 0.2) is 0 Å². The zero-order valence-corrected chi connectivity index (χ0v) is 10.2. The van der Waals surface area contributed by atoms with Crippen LogP contribution in [0.5, 0.6) is 0 Å². The Hall–Kier alpha value is -2.24. The SMILES string of the molecule is O=C1CC(c2ccco2)c2ccc(C(F)(F)F)cc2N1. The van der Waals surface area contributed by atoms with Gasteiger partial charge < -0.3 is 9.73 Å². The molecule has 6 heteroatoms. The van der Waals surface area contributed by atoms with E-state index in [2.05, 4.69) is 5.32 Å². The summed E-state index contributed by atoms with van der Waals surface area (Å²) >= 11 is 0. The number of alkyl halides is 3. The molecule has 0 aliphatic carbocycles. The van der Waals surface area contributed by atoms with Crippen molar-refractivity contribution in [3.05, 3.63) is 53.5 Å². The number of anilines is 1. The topological polar surface area (TPSA) is 42.2 Å². The number of carbonyl (C=O) groups excluding carboxylic acids is 1. The van der Waals surface area contributed by atoms with E-state index in [1.165, 1.54) is 12.3 Å². The average molecular weight is 281 g/mol. The van der Waals surface area contributed by atoms with Gasteiger partial charge in [-0.15, -0.1) is 0 Å². The number of furan rings is 1. The van der Waals surface area contributed by atoms with Crippen molar-refractivity contribution in [2.75, 3.05) is 5.32 Å². The van der Waals surface area contributed by atoms with Gasteiger partial charge in [-0.2, -0.15) is 13.2 Å². The van der Waals surface area contributed by atoms with Gasteiger partial charge in [0.1, 0.15) is 5.76 Å². The van der Waals surface area contributed by atoms with Gasteiger partial charge in [-0.3, -0.25) is 4.79 Å². The Morgan fingerprint density at radius 1 is 1.25 bits per heavy atom. The molecule has 0 fully saturated rings. The quantitative estimate of drug-likeness (QED) is 0.864. The lowest BCUT2D eigenvalue weighted by Gasteiger charge is -2.25. The number of rotatable bonds is 1. The first-order chi connectivity index (χ1) is 9.45. The van der Waals surface area contributed by atoms with Crippen LogP contribution in [0.15, 0.2) is 41.0 Å². The molecule has 1 atom stereocenters. The first-order valence-corrected chi connectivity index (χ1v) is 5.99. The molecule has 3 nitrogen and oxygen atoms in total. The molecule has 0 spiro atoms. The molecular formula is C14H10F3NO2. The lowest BCUT2D eigenvalue weighted by Crippen LogP contribution is -2.24. The summed E-state index contributed by atoms with van der Waals surface area (Å²) in [6.07, 6.45) is -2.80. The van der Waals surface area contributed by atoms with Gasteiger partial charge >= 0.3 is 6.18 Å². The van der Waals surface area contributed by atoms with Gasteiger partial charge in [0.05, 0.1) is 17.7 Å². The molecule has 1 aliphatic heterocycles. The van der Waals surface area contributed by atoms with E-state index in [4.69, 9.17) is 4.42 Å². The van der Waals surface area contributed by atoms with Gasteiger partial charge in [0.25, 0.3) is 0 Å². The van der Waals surface area contributed by atoms with Crippen molar-refractivity contribution < 1.29 is 22.4 Å². The highest BCUT2D eigenvalue weighted by Crippen LogP contribution is 2.40. The third-order valence-electron chi connectivity index (χ3n) is 3.31. The zero-order chi connectivity index (χ0) is 14.3. The summed E-state index contributed by atoms with van der Waals surface area (Å²) in [6, 6.07) is 6.77. The second kappa shape index (κ2) is 4.40. The highest BCUT2D eigenvalue weighted by Gasteiger charge is 2.34. The Labute approximate surface area is 112 Å². The molecule has 1 amide bonds. The fraction of sp³-hybridized carbons (Fsp3) is 0.214. The lowest BCUT2D eigenvalue weighted by molar-refractivity contribution is -0.137. The summed E-state index contributed by atoms with van der Waals surface area (Å²) in [5, 5.41) is 2.48. The Balaban J connectivity index is 2.08. The van der Waals surface area contributed by atoms with E-state index in [0.717, 1.165) is 12.1 Å². The van der Waals surface area contributed by atoms with Crippen LogP contribution in [-0.4, -0.2) is 5.91 Å². The molecule has 1 N–H and O–H groups in total. The summed E-state index contributed by atoms with van der Waals surface area (Å²) in [5.41, 5.74) is 0.0432. The lowest BCUT2D eigenvalue weighted by atomic mass is 9.88. The Morgan fingerprint density at radius 2 is 2.05 bits per heavy atom. The highest BCUT2D eigenvalue weighted by atomic mass is 19.4. The van der Waals surface area contributed by atoms with E-state index < -0.39 is 11.7 Å².